The van der Waals surface area contributed by atoms with Crippen LogP contribution in [0, 0.1) is 6.92 Å². The summed E-state index contributed by atoms with van der Waals surface area (Å²) in [6.45, 7) is 5.25. The molecule has 1 aliphatic heterocycles. The van der Waals surface area contributed by atoms with E-state index in [0.29, 0.717) is 25.7 Å². The zero-order valence-electron chi connectivity index (χ0n) is 11.9. The van der Waals surface area contributed by atoms with Gasteiger partial charge in [0.2, 0.25) is 5.91 Å². The standard InChI is InChI=1S/C14H20N4O2/c1-9-15-12(7-14(16-9)17-11-3-4-11)13-8-18(10(2)19)5-6-20-13/h7,11,13H,3-6,8H2,1-2H3,(H,15,16,17)/t13-/m0/s1. The molecule has 20 heavy (non-hydrogen) atoms. The first-order chi connectivity index (χ1) is 9.61. The maximum absolute atomic E-state index is 11.5. The molecule has 0 aromatic carbocycles. The predicted molar refractivity (Wildman–Crippen MR) is 74.4 cm³/mol. The summed E-state index contributed by atoms with van der Waals surface area (Å²) >= 11 is 0. The highest BCUT2D eigenvalue weighted by Crippen LogP contribution is 2.26. The van der Waals surface area contributed by atoms with Crippen molar-refractivity contribution in [2.45, 2.75) is 38.8 Å². The van der Waals surface area contributed by atoms with Gasteiger partial charge in [-0.05, 0) is 19.8 Å². The minimum atomic E-state index is -0.158. The number of hydrogen-bond donors (Lipinski definition) is 1. The summed E-state index contributed by atoms with van der Waals surface area (Å²) in [4.78, 5) is 22.2. The normalized spacial score (nSPS) is 22.7. The zero-order valence-corrected chi connectivity index (χ0v) is 11.9. The second-order valence-electron chi connectivity index (χ2n) is 5.47. The number of rotatable bonds is 3. The Morgan fingerprint density at radius 3 is 2.95 bits per heavy atom. The van der Waals surface area contributed by atoms with Gasteiger partial charge in [-0.2, -0.15) is 0 Å². The van der Waals surface area contributed by atoms with E-state index in [1.54, 1.807) is 11.8 Å². The van der Waals surface area contributed by atoms with E-state index in [1.807, 2.05) is 13.0 Å². The maximum atomic E-state index is 11.5. The van der Waals surface area contributed by atoms with Crippen LogP contribution in [0.25, 0.3) is 0 Å². The fraction of sp³-hybridized carbons (Fsp3) is 0.643. The third-order valence-electron chi connectivity index (χ3n) is 3.63. The Morgan fingerprint density at radius 2 is 2.25 bits per heavy atom. The first-order valence-corrected chi connectivity index (χ1v) is 7.11. The van der Waals surface area contributed by atoms with Gasteiger partial charge in [-0.1, -0.05) is 0 Å². The number of morpholine rings is 1. The van der Waals surface area contributed by atoms with Crippen LogP contribution in [0.2, 0.25) is 0 Å². The molecule has 1 saturated heterocycles. The minimum Gasteiger partial charge on any atom is -0.368 e. The van der Waals surface area contributed by atoms with Gasteiger partial charge >= 0.3 is 0 Å². The first kappa shape index (κ1) is 13.3. The summed E-state index contributed by atoms with van der Waals surface area (Å²) in [5.74, 6) is 1.67. The molecule has 6 heteroatoms. The number of aromatic nitrogens is 2. The van der Waals surface area contributed by atoms with Crippen LogP contribution in [-0.2, 0) is 9.53 Å². The number of hydrogen-bond acceptors (Lipinski definition) is 5. The molecular formula is C14H20N4O2. The molecule has 1 saturated carbocycles. The summed E-state index contributed by atoms with van der Waals surface area (Å²) in [7, 11) is 0. The van der Waals surface area contributed by atoms with E-state index in [0.717, 1.165) is 17.3 Å². The van der Waals surface area contributed by atoms with Crippen LogP contribution >= 0.6 is 0 Å². The molecule has 1 aromatic rings. The molecule has 108 valence electrons. The molecule has 0 spiro atoms. The summed E-state index contributed by atoms with van der Waals surface area (Å²) in [5.41, 5.74) is 0.853. The van der Waals surface area contributed by atoms with Crippen molar-refractivity contribution >= 4 is 11.7 Å². The quantitative estimate of drug-likeness (QED) is 0.900. The lowest BCUT2D eigenvalue weighted by molar-refractivity contribution is -0.136. The van der Waals surface area contributed by atoms with Crippen LogP contribution < -0.4 is 5.32 Å². The van der Waals surface area contributed by atoms with Gasteiger partial charge in [0, 0.05) is 25.6 Å². The van der Waals surface area contributed by atoms with Crippen LogP contribution in [0.4, 0.5) is 5.82 Å². The molecule has 2 aliphatic rings. The van der Waals surface area contributed by atoms with Crippen LogP contribution in [-0.4, -0.2) is 46.5 Å². The van der Waals surface area contributed by atoms with E-state index in [2.05, 4.69) is 15.3 Å². The lowest BCUT2D eigenvalue weighted by atomic mass is 10.2. The molecule has 1 atom stereocenters. The van der Waals surface area contributed by atoms with Gasteiger partial charge in [-0.25, -0.2) is 9.97 Å². The number of aryl methyl sites for hydroxylation is 1. The number of anilines is 1. The van der Waals surface area contributed by atoms with Gasteiger partial charge in [0.15, 0.2) is 0 Å². The number of amides is 1. The summed E-state index contributed by atoms with van der Waals surface area (Å²) in [5, 5.41) is 3.38. The molecule has 2 heterocycles. The second kappa shape index (κ2) is 5.36. The Balaban J connectivity index is 1.77. The van der Waals surface area contributed by atoms with E-state index < -0.39 is 0 Å². The molecule has 2 fully saturated rings. The van der Waals surface area contributed by atoms with Crippen molar-refractivity contribution < 1.29 is 9.53 Å². The Morgan fingerprint density at radius 1 is 1.45 bits per heavy atom. The first-order valence-electron chi connectivity index (χ1n) is 7.11. The molecule has 6 nitrogen and oxygen atoms in total. The number of carbonyl (C=O) groups is 1. The van der Waals surface area contributed by atoms with E-state index in [9.17, 15) is 4.79 Å². The smallest absolute Gasteiger partial charge is 0.219 e. The van der Waals surface area contributed by atoms with Crippen LogP contribution in [0.5, 0.6) is 0 Å². The van der Waals surface area contributed by atoms with Crippen molar-refractivity contribution in [2.24, 2.45) is 0 Å². The number of nitrogens with zero attached hydrogens (tertiary/aromatic N) is 3. The molecule has 1 amide bonds. The fourth-order valence-electron chi connectivity index (χ4n) is 2.38. The molecule has 0 bridgehead atoms. The summed E-state index contributed by atoms with van der Waals surface area (Å²) < 4.78 is 5.76. The lowest BCUT2D eigenvalue weighted by Gasteiger charge is -2.32. The van der Waals surface area contributed by atoms with E-state index in [1.165, 1.54) is 12.8 Å². The summed E-state index contributed by atoms with van der Waals surface area (Å²) in [6.07, 6.45) is 2.25. The number of nitrogens with one attached hydrogen (secondary N) is 1. The molecule has 1 aromatic heterocycles. The maximum Gasteiger partial charge on any atom is 0.219 e. The van der Waals surface area contributed by atoms with E-state index in [4.69, 9.17) is 4.74 Å². The summed E-state index contributed by atoms with van der Waals surface area (Å²) in [6, 6.07) is 2.50. The van der Waals surface area contributed by atoms with Crippen molar-refractivity contribution in [1.29, 1.82) is 0 Å². The molecule has 3 rings (SSSR count). The Bertz CT molecular complexity index is 516. The molecule has 1 aliphatic carbocycles. The SMILES string of the molecule is CC(=O)N1CCO[C@H](c2cc(NC3CC3)nc(C)n2)C1. The van der Waals surface area contributed by atoms with Gasteiger partial charge in [-0.3, -0.25) is 4.79 Å². The Hall–Kier alpha value is -1.69. The largest absolute Gasteiger partial charge is 0.368 e. The van der Waals surface area contributed by atoms with Crippen LogP contribution in [0.3, 0.4) is 0 Å². The van der Waals surface area contributed by atoms with E-state index >= 15 is 0 Å². The molecule has 0 radical (unpaired) electrons. The van der Waals surface area contributed by atoms with Crippen molar-refractivity contribution in [3.8, 4) is 0 Å². The van der Waals surface area contributed by atoms with Gasteiger partial charge in [-0.15, -0.1) is 0 Å². The zero-order chi connectivity index (χ0) is 14.1. The van der Waals surface area contributed by atoms with Crippen LogP contribution in [0.1, 0.15) is 37.4 Å². The Kier molecular flexibility index (Phi) is 3.56. The number of ether oxygens (including phenoxy) is 1. The van der Waals surface area contributed by atoms with Gasteiger partial charge in [0.25, 0.3) is 0 Å². The molecule has 0 unspecified atom stereocenters. The minimum absolute atomic E-state index is 0.0837. The second-order valence-corrected chi connectivity index (χ2v) is 5.47. The van der Waals surface area contributed by atoms with Crippen LogP contribution in [0.15, 0.2) is 6.07 Å². The van der Waals surface area contributed by atoms with Crippen molar-refractivity contribution in [2.75, 3.05) is 25.0 Å². The predicted octanol–water partition coefficient (Wildman–Crippen LogP) is 1.28. The van der Waals surface area contributed by atoms with Gasteiger partial charge in [0.05, 0.1) is 18.8 Å². The van der Waals surface area contributed by atoms with Gasteiger partial charge < -0.3 is 15.0 Å². The third-order valence-corrected chi connectivity index (χ3v) is 3.63. The fourth-order valence-corrected chi connectivity index (χ4v) is 2.38. The Labute approximate surface area is 118 Å². The topological polar surface area (TPSA) is 67.3 Å². The monoisotopic (exact) mass is 276 g/mol. The number of carbonyl (C=O) groups excluding carboxylic acids is 1. The van der Waals surface area contributed by atoms with Gasteiger partial charge in [0.1, 0.15) is 17.7 Å². The highest BCUT2D eigenvalue weighted by molar-refractivity contribution is 5.73. The highest BCUT2D eigenvalue weighted by atomic mass is 16.5. The molecular weight excluding hydrogens is 256 g/mol. The molecule has 1 N–H and O–H groups in total. The van der Waals surface area contributed by atoms with Crippen molar-refractivity contribution in [1.82, 2.24) is 14.9 Å². The van der Waals surface area contributed by atoms with Crippen molar-refractivity contribution in [3.05, 3.63) is 17.6 Å². The highest BCUT2D eigenvalue weighted by Gasteiger charge is 2.26. The lowest BCUT2D eigenvalue weighted by Crippen LogP contribution is -2.41. The average molecular weight is 276 g/mol. The third kappa shape index (κ3) is 3.07. The average Bonchev–Trinajstić information content (AvgIpc) is 3.22. The van der Waals surface area contributed by atoms with E-state index in [-0.39, 0.29) is 12.0 Å². The van der Waals surface area contributed by atoms with Crippen molar-refractivity contribution in [3.63, 3.8) is 0 Å².